The Morgan fingerprint density at radius 1 is 1.27 bits per heavy atom. The number of aromatic amines is 2. The van der Waals surface area contributed by atoms with E-state index in [2.05, 4.69) is 20.3 Å². The van der Waals surface area contributed by atoms with Crippen LogP contribution in [0, 0.1) is 20.8 Å². The highest BCUT2D eigenvalue weighted by Crippen LogP contribution is 2.22. The van der Waals surface area contributed by atoms with E-state index in [1.807, 2.05) is 20.8 Å². The van der Waals surface area contributed by atoms with Crippen LogP contribution in [0.4, 0.5) is 0 Å². The van der Waals surface area contributed by atoms with Crippen molar-refractivity contribution in [1.29, 1.82) is 0 Å². The molecule has 2 heterocycles. The van der Waals surface area contributed by atoms with Crippen LogP contribution < -0.4 is 16.6 Å². The molecule has 0 aliphatic carbocycles. The Morgan fingerprint density at radius 2 is 1.95 bits per heavy atom. The van der Waals surface area contributed by atoms with Crippen molar-refractivity contribution in [2.24, 2.45) is 0 Å². The Hall–Kier alpha value is -2.22. The van der Waals surface area contributed by atoms with Crippen LogP contribution in [-0.4, -0.2) is 20.9 Å². The Kier molecular flexibility index (Phi) is 4.60. The number of carbonyl (C=O) groups excluding carboxylic acids is 1. The Balaban J connectivity index is 2.12. The van der Waals surface area contributed by atoms with E-state index >= 15 is 0 Å². The van der Waals surface area contributed by atoms with Crippen LogP contribution in [0.15, 0.2) is 9.59 Å². The van der Waals surface area contributed by atoms with E-state index in [1.54, 1.807) is 18.3 Å². The van der Waals surface area contributed by atoms with Crippen LogP contribution in [-0.2, 0) is 11.2 Å². The average Bonchev–Trinajstić information content (AvgIpc) is 2.73. The second kappa shape index (κ2) is 6.27. The lowest BCUT2D eigenvalue weighted by Gasteiger charge is -2.13. The molecule has 1 atom stereocenters. The van der Waals surface area contributed by atoms with Gasteiger partial charge in [0.25, 0.3) is 5.56 Å². The molecule has 0 aliphatic rings. The van der Waals surface area contributed by atoms with Crippen molar-refractivity contribution in [3.63, 3.8) is 0 Å². The molecule has 0 radical (unpaired) electrons. The molecule has 0 aromatic carbocycles. The summed E-state index contributed by atoms with van der Waals surface area (Å²) in [6.07, 6.45) is -0.0928. The lowest BCUT2D eigenvalue weighted by molar-refractivity contribution is -0.121. The fraction of sp³-hybridized carbons (Fsp3) is 0.429. The van der Waals surface area contributed by atoms with Crippen LogP contribution in [0.2, 0.25) is 0 Å². The smallest absolute Gasteiger partial charge is 0.325 e. The normalized spacial score (nSPS) is 12.2. The molecule has 8 heteroatoms. The van der Waals surface area contributed by atoms with Crippen molar-refractivity contribution in [3.05, 3.63) is 47.7 Å². The number of aromatic nitrogens is 3. The van der Waals surface area contributed by atoms with Gasteiger partial charge in [0.2, 0.25) is 5.91 Å². The van der Waals surface area contributed by atoms with E-state index in [1.165, 1.54) is 0 Å². The van der Waals surface area contributed by atoms with Gasteiger partial charge < -0.3 is 10.3 Å². The number of amides is 1. The van der Waals surface area contributed by atoms with E-state index in [9.17, 15) is 14.4 Å². The summed E-state index contributed by atoms with van der Waals surface area (Å²) in [4.78, 5) is 45.1. The SMILES string of the molecule is Cc1nc([C@@H](C)NC(=O)Cc2c(C)[nH]c(=O)[nH]c2=O)c(C)s1. The summed E-state index contributed by atoms with van der Waals surface area (Å²) in [6.45, 7) is 7.32. The molecule has 1 amide bonds. The average molecular weight is 322 g/mol. The van der Waals surface area contributed by atoms with Crippen LogP contribution >= 0.6 is 11.3 Å². The second-order valence-electron chi connectivity index (χ2n) is 5.15. The van der Waals surface area contributed by atoms with Gasteiger partial charge in [0.15, 0.2) is 0 Å². The molecule has 0 unspecified atom stereocenters. The van der Waals surface area contributed by atoms with Gasteiger partial charge in [-0.05, 0) is 27.7 Å². The fourth-order valence-electron chi connectivity index (χ4n) is 2.31. The Bertz CT molecular complexity index is 818. The summed E-state index contributed by atoms with van der Waals surface area (Å²) >= 11 is 1.58. The van der Waals surface area contributed by atoms with Gasteiger partial charge in [0, 0.05) is 16.1 Å². The number of nitrogens with one attached hydrogen (secondary N) is 3. The molecule has 2 rings (SSSR count). The third-order valence-corrected chi connectivity index (χ3v) is 4.22. The monoisotopic (exact) mass is 322 g/mol. The number of carbonyl (C=O) groups is 1. The highest BCUT2D eigenvalue weighted by Gasteiger charge is 2.17. The van der Waals surface area contributed by atoms with E-state index in [4.69, 9.17) is 0 Å². The highest BCUT2D eigenvalue weighted by molar-refractivity contribution is 7.11. The number of aryl methyl sites for hydroxylation is 3. The van der Waals surface area contributed by atoms with Crippen LogP contribution in [0.3, 0.4) is 0 Å². The summed E-state index contributed by atoms with van der Waals surface area (Å²) in [5.41, 5.74) is 0.383. The molecule has 2 aromatic heterocycles. The molecule has 0 aliphatic heterocycles. The predicted octanol–water partition coefficient (Wildman–Crippen LogP) is 0.865. The van der Waals surface area contributed by atoms with Crippen molar-refractivity contribution >= 4 is 17.2 Å². The molecular weight excluding hydrogens is 304 g/mol. The van der Waals surface area contributed by atoms with Crippen molar-refractivity contribution in [2.75, 3.05) is 0 Å². The minimum atomic E-state index is -0.575. The third kappa shape index (κ3) is 3.51. The zero-order chi connectivity index (χ0) is 16.4. The van der Waals surface area contributed by atoms with Crippen molar-refractivity contribution in [2.45, 2.75) is 40.2 Å². The van der Waals surface area contributed by atoms with Crippen molar-refractivity contribution in [3.8, 4) is 0 Å². The standard InChI is InChI=1S/C14H18N4O3S/c1-6-10(13(20)18-14(21)16-6)5-11(19)15-7(2)12-8(3)22-9(4)17-12/h7H,5H2,1-4H3,(H,15,19)(H2,16,18,20,21)/t7-/m1/s1. The lowest BCUT2D eigenvalue weighted by atomic mass is 10.1. The summed E-state index contributed by atoms with van der Waals surface area (Å²) in [5, 5.41) is 3.77. The number of thiazole rings is 1. The molecule has 0 saturated heterocycles. The molecule has 0 fully saturated rings. The fourth-order valence-corrected chi connectivity index (χ4v) is 3.22. The number of rotatable bonds is 4. The summed E-state index contributed by atoms with van der Waals surface area (Å²) in [7, 11) is 0. The lowest BCUT2D eigenvalue weighted by Crippen LogP contribution is -2.33. The first-order valence-corrected chi connectivity index (χ1v) is 7.65. The van der Waals surface area contributed by atoms with Gasteiger partial charge in [0.05, 0.1) is 23.2 Å². The zero-order valence-corrected chi connectivity index (χ0v) is 13.7. The molecular formula is C14H18N4O3S. The minimum absolute atomic E-state index is 0.0928. The molecule has 0 spiro atoms. The van der Waals surface area contributed by atoms with Gasteiger partial charge in [-0.15, -0.1) is 11.3 Å². The van der Waals surface area contributed by atoms with E-state index in [0.717, 1.165) is 15.6 Å². The van der Waals surface area contributed by atoms with E-state index in [0.29, 0.717) is 5.69 Å². The molecule has 0 saturated carbocycles. The van der Waals surface area contributed by atoms with E-state index in [-0.39, 0.29) is 23.9 Å². The molecule has 0 bridgehead atoms. The topological polar surface area (TPSA) is 108 Å². The molecule has 118 valence electrons. The first-order chi connectivity index (χ1) is 10.3. The van der Waals surface area contributed by atoms with Crippen molar-refractivity contribution < 1.29 is 4.79 Å². The van der Waals surface area contributed by atoms with E-state index < -0.39 is 11.2 Å². The summed E-state index contributed by atoms with van der Waals surface area (Å²) in [5.74, 6) is -0.293. The molecule has 3 N–H and O–H groups in total. The first-order valence-electron chi connectivity index (χ1n) is 6.83. The van der Waals surface area contributed by atoms with Crippen molar-refractivity contribution in [1.82, 2.24) is 20.3 Å². The van der Waals surface area contributed by atoms with Gasteiger partial charge in [-0.3, -0.25) is 14.6 Å². The molecule has 7 nitrogen and oxygen atoms in total. The number of hydrogen-bond donors (Lipinski definition) is 3. The second-order valence-corrected chi connectivity index (χ2v) is 6.56. The number of H-pyrrole nitrogens is 2. The van der Waals surface area contributed by atoms with Gasteiger partial charge in [-0.2, -0.15) is 0 Å². The quantitative estimate of drug-likeness (QED) is 0.776. The summed E-state index contributed by atoms with van der Waals surface area (Å²) < 4.78 is 0. The van der Waals surface area contributed by atoms with Gasteiger partial charge in [0.1, 0.15) is 0 Å². The Morgan fingerprint density at radius 3 is 2.50 bits per heavy atom. The van der Waals surface area contributed by atoms with Crippen LogP contribution in [0.25, 0.3) is 0 Å². The zero-order valence-electron chi connectivity index (χ0n) is 12.9. The van der Waals surface area contributed by atoms with Gasteiger partial charge in [-0.1, -0.05) is 0 Å². The third-order valence-electron chi connectivity index (χ3n) is 3.32. The summed E-state index contributed by atoms with van der Waals surface area (Å²) in [6, 6.07) is -0.236. The molecule has 22 heavy (non-hydrogen) atoms. The van der Waals surface area contributed by atoms with Gasteiger partial charge in [-0.25, -0.2) is 9.78 Å². The van der Waals surface area contributed by atoms with Gasteiger partial charge >= 0.3 is 5.69 Å². The number of hydrogen-bond acceptors (Lipinski definition) is 5. The maximum atomic E-state index is 12.1. The Labute approximate surface area is 130 Å². The maximum absolute atomic E-state index is 12.1. The van der Waals surface area contributed by atoms with Crippen LogP contribution in [0.1, 0.15) is 39.8 Å². The largest absolute Gasteiger partial charge is 0.348 e. The molecule has 2 aromatic rings. The van der Waals surface area contributed by atoms with Crippen LogP contribution in [0.5, 0.6) is 0 Å². The highest BCUT2D eigenvalue weighted by atomic mass is 32.1. The predicted molar refractivity (Wildman–Crippen MR) is 84.3 cm³/mol. The first kappa shape index (κ1) is 16.2. The minimum Gasteiger partial charge on any atom is -0.348 e. The maximum Gasteiger partial charge on any atom is 0.325 e. The number of nitrogens with zero attached hydrogens (tertiary/aromatic N) is 1.